The van der Waals surface area contributed by atoms with Crippen molar-refractivity contribution >= 4 is 41.3 Å². The van der Waals surface area contributed by atoms with Crippen molar-refractivity contribution in [1.82, 2.24) is 0 Å². The van der Waals surface area contributed by atoms with Crippen molar-refractivity contribution in [2.75, 3.05) is 12.8 Å². The molecule has 0 spiro atoms. The topological polar surface area (TPSA) is 44.5 Å². The van der Waals surface area contributed by atoms with E-state index < -0.39 is 0 Å². The molecule has 0 aromatic heterocycles. The highest BCUT2D eigenvalue weighted by Gasteiger charge is 2.06. The fourth-order valence-corrected chi connectivity index (χ4v) is 1.89. The van der Waals surface area contributed by atoms with Crippen molar-refractivity contribution in [3.63, 3.8) is 0 Å². The number of hydrogen-bond acceptors (Lipinski definition) is 3. The van der Waals surface area contributed by atoms with E-state index >= 15 is 0 Å². The summed E-state index contributed by atoms with van der Waals surface area (Å²) >= 11 is 11.8. The van der Waals surface area contributed by atoms with E-state index in [0.29, 0.717) is 33.0 Å². The Morgan fingerprint density at radius 3 is 2.37 bits per heavy atom. The summed E-state index contributed by atoms with van der Waals surface area (Å²) in [5.41, 5.74) is 6.27. The minimum atomic E-state index is 0. The van der Waals surface area contributed by atoms with Crippen LogP contribution < -0.4 is 15.2 Å². The van der Waals surface area contributed by atoms with Crippen LogP contribution in [0, 0.1) is 0 Å². The van der Waals surface area contributed by atoms with Crippen LogP contribution in [0.1, 0.15) is 0 Å². The predicted octanol–water partition coefficient (Wildman–Crippen LogP) is 4.80. The monoisotopic (exact) mass is 319 g/mol. The Morgan fingerprint density at radius 2 is 1.74 bits per heavy atom. The lowest BCUT2D eigenvalue weighted by Gasteiger charge is -2.10. The lowest BCUT2D eigenvalue weighted by Crippen LogP contribution is -1.93. The summed E-state index contributed by atoms with van der Waals surface area (Å²) in [6.45, 7) is 0. The van der Waals surface area contributed by atoms with E-state index in [9.17, 15) is 0 Å². The summed E-state index contributed by atoms with van der Waals surface area (Å²) in [5.74, 6) is 1.66. The van der Waals surface area contributed by atoms with Crippen LogP contribution in [0.5, 0.6) is 17.2 Å². The van der Waals surface area contributed by atoms with Crippen molar-refractivity contribution in [3.8, 4) is 17.2 Å². The number of hydrogen-bond donors (Lipinski definition) is 1. The molecular weight excluding hydrogens is 309 g/mol. The highest BCUT2D eigenvalue weighted by atomic mass is 35.5. The number of nitrogens with two attached hydrogens (primary N) is 1. The molecule has 0 atom stereocenters. The standard InChI is InChI=1S/C13H11Cl2NO2.ClH/c1-17-13-7-9(3-4-11(13)16)18-12-5-2-8(14)6-10(12)15;/h2-7H,16H2,1H3;1H. The smallest absolute Gasteiger partial charge is 0.146 e. The zero-order valence-electron chi connectivity index (χ0n) is 10.0. The van der Waals surface area contributed by atoms with Crippen LogP contribution >= 0.6 is 35.6 Å². The van der Waals surface area contributed by atoms with Crippen molar-refractivity contribution in [2.24, 2.45) is 0 Å². The van der Waals surface area contributed by atoms with Crippen LogP contribution in [0.4, 0.5) is 5.69 Å². The third-order valence-electron chi connectivity index (χ3n) is 2.33. The van der Waals surface area contributed by atoms with Gasteiger partial charge in [-0.1, -0.05) is 23.2 Å². The summed E-state index contributed by atoms with van der Waals surface area (Å²) in [6.07, 6.45) is 0. The second kappa shape index (κ2) is 6.75. The molecule has 0 aliphatic heterocycles. The van der Waals surface area contributed by atoms with Gasteiger partial charge < -0.3 is 15.2 Å². The van der Waals surface area contributed by atoms with Gasteiger partial charge in [-0.05, 0) is 30.3 Å². The number of anilines is 1. The quantitative estimate of drug-likeness (QED) is 0.826. The molecule has 0 unspecified atom stereocenters. The first-order valence-electron chi connectivity index (χ1n) is 5.16. The molecule has 3 nitrogen and oxygen atoms in total. The maximum Gasteiger partial charge on any atom is 0.146 e. The maximum atomic E-state index is 6.02. The Hall–Kier alpha value is -1.29. The van der Waals surface area contributed by atoms with Crippen molar-refractivity contribution in [3.05, 3.63) is 46.4 Å². The second-order valence-electron chi connectivity index (χ2n) is 3.58. The highest BCUT2D eigenvalue weighted by molar-refractivity contribution is 6.35. The number of halogens is 3. The third kappa shape index (κ3) is 3.83. The molecule has 2 rings (SSSR count). The van der Waals surface area contributed by atoms with E-state index in [2.05, 4.69) is 0 Å². The van der Waals surface area contributed by atoms with Crippen LogP contribution in [0.2, 0.25) is 10.0 Å². The van der Waals surface area contributed by atoms with Gasteiger partial charge in [0.1, 0.15) is 17.2 Å². The van der Waals surface area contributed by atoms with Crippen LogP contribution in [-0.2, 0) is 0 Å². The van der Waals surface area contributed by atoms with Gasteiger partial charge in [-0.15, -0.1) is 12.4 Å². The van der Waals surface area contributed by atoms with Crippen LogP contribution in [0.25, 0.3) is 0 Å². The molecule has 0 radical (unpaired) electrons. The van der Waals surface area contributed by atoms with E-state index in [0.717, 1.165) is 0 Å². The van der Waals surface area contributed by atoms with Crippen molar-refractivity contribution < 1.29 is 9.47 Å². The molecule has 19 heavy (non-hydrogen) atoms. The first kappa shape index (κ1) is 15.8. The van der Waals surface area contributed by atoms with Gasteiger partial charge in [-0.2, -0.15) is 0 Å². The summed E-state index contributed by atoms with van der Waals surface area (Å²) in [5, 5.41) is 1.00. The number of benzene rings is 2. The first-order valence-corrected chi connectivity index (χ1v) is 5.92. The third-order valence-corrected chi connectivity index (χ3v) is 2.86. The minimum absolute atomic E-state index is 0. The largest absolute Gasteiger partial charge is 0.494 e. The summed E-state index contributed by atoms with van der Waals surface area (Å²) < 4.78 is 10.7. The molecule has 0 saturated carbocycles. The number of methoxy groups -OCH3 is 1. The van der Waals surface area contributed by atoms with Gasteiger partial charge in [0.15, 0.2) is 0 Å². The molecule has 102 valence electrons. The average Bonchev–Trinajstić information content (AvgIpc) is 2.35. The Balaban J connectivity index is 0.00000180. The molecule has 2 aromatic carbocycles. The van der Waals surface area contributed by atoms with Gasteiger partial charge in [0, 0.05) is 11.1 Å². The van der Waals surface area contributed by atoms with Crippen molar-refractivity contribution in [2.45, 2.75) is 0 Å². The molecule has 2 aromatic rings. The van der Waals surface area contributed by atoms with E-state index in [1.165, 1.54) is 0 Å². The Labute approximate surface area is 127 Å². The Kier molecular flexibility index (Phi) is 5.60. The van der Waals surface area contributed by atoms with Gasteiger partial charge in [-0.3, -0.25) is 0 Å². The Morgan fingerprint density at radius 1 is 1.00 bits per heavy atom. The van der Waals surface area contributed by atoms with Gasteiger partial charge in [0.2, 0.25) is 0 Å². The minimum Gasteiger partial charge on any atom is -0.494 e. The van der Waals surface area contributed by atoms with Crippen LogP contribution in [0.3, 0.4) is 0 Å². The molecule has 0 heterocycles. The Bertz CT molecular complexity index is 576. The van der Waals surface area contributed by atoms with E-state index in [1.807, 2.05) is 0 Å². The van der Waals surface area contributed by atoms with Gasteiger partial charge >= 0.3 is 0 Å². The summed E-state index contributed by atoms with van der Waals surface area (Å²) in [7, 11) is 1.55. The first-order chi connectivity index (χ1) is 8.60. The SMILES string of the molecule is COc1cc(Oc2ccc(Cl)cc2Cl)ccc1N.Cl. The molecule has 0 saturated heterocycles. The number of rotatable bonds is 3. The fraction of sp³-hybridized carbons (Fsp3) is 0.0769. The van der Waals surface area contributed by atoms with Gasteiger partial charge in [0.25, 0.3) is 0 Å². The molecule has 0 aliphatic rings. The van der Waals surface area contributed by atoms with Crippen LogP contribution in [0.15, 0.2) is 36.4 Å². The molecule has 2 N–H and O–H groups in total. The summed E-state index contributed by atoms with van der Waals surface area (Å²) in [4.78, 5) is 0. The van der Waals surface area contributed by atoms with Crippen LogP contribution in [-0.4, -0.2) is 7.11 Å². The molecule has 6 heteroatoms. The molecule has 0 bridgehead atoms. The number of nitrogen functional groups attached to an aromatic ring is 1. The molecule has 0 aliphatic carbocycles. The molecule has 0 amide bonds. The van der Waals surface area contributed by atoms with Gasteiger partial charge in [-0.25, -0.2) is 0 Å². The van der Waals surface area contributed by atoms with Crippen molar-refractivity contribution in [1.29, 1.82) is 0 Å². The highest BCUT2D eigenvalue weighted by Crippen LogP contribution is 2.34. The van der Waals surface area contributed by atoms with E-state index in [-0.39, 0.29) is 12.4 Å². The normalized spacial score (nSPS) is 9.63. The summed E-state index contributed by atoms with van der Waals surface area (Å²) in [6, 6.07) is 10.2. The molecule has 0 fully saturated rings. The zero-order chi connectivity index (χ0) is 13.1. The van der Waals surface area contributed by atoms with Gasteiger partial charge in [0.05, 0.1) is 17.8 Å². The predicted molar refractivity (Wildman–Crippen MR) is 81.2 cm³/mol. The molecular formula is C13H12Cl3NO2. The lowest BCUT2D eigenvalue weighted by atomic mass is 10.3. The second-order valence-corrected chi connectivity index (χ2v) is 4.42. The zero-order valence-corrected chi connectivity index (χ0v) is 12.4. The average molecular weight is 321 g/mol. The fourth-order valence-electron chi connectivity index (χ4n) is 1.44. The van der Waals surface area contributed by atoms with E-state index in [4.69, 9.17) is 38.4 Å². The lowest BCUT2D eigenvalue weighted by molar-refractivity contribution is 0.411. The number of ether oxygens (including phenoxy) is 2. The maximum absolute atomic E-state index is 6.02. The van der Waals surface area contributed by atoms with E-state index in [1.54, 1.807) is 43.5 Å².